The first-order valence-corrected chi connectivity index (χ1v) is 7.33. The van der Waals surface area contributed by atoms with Crippen molar-refractivity contribution in [3.8, 4) is 0 Å². The molecule has 1 aliphatic rings. The molecule has 1 amide bonds. The summed E-state index contributed by atoms with van der Waals surface area (Å²) in [6, 6.07) is 7.24. The van der Waals surface area contributed by atoms with Crippen LogP contribution in [-0.4, -0.2) is 17.0 Å². The first-order valence-electron chi connectivity index (χ1n) is 6.21. The van der Waals surface area contributed by atoms with Gasteiger partial charge in [0.05, 0.1) is 11.0 Å². The van der Waals surface area contributed by atoms with Gasteiger partial charge in [-0.25, -0.2) is 0 Å². The van der Waals surface area contributed by atoms with Crippen molar-refractivity contribution in [3.05, 3.63) is 29.8 Å². The number of carbonyl (C=O) groups excluding carboxylic acids is 2. The highest BCUT2D eigenvalue weighted by atomic mass is 79.9. The van der Waals surface area contributed by atoms with Gasteiger partial charge in [-0.2, -0.15) is 0 Å². The van der Waals surface area contributed by atoms with Crippen molar-refractivity contribution in [3.63, 3.8) is 0 Å². The van der Waals surface area contributed by atoms with E-state index in [9.17, 15) is 9.59 Å². The number of Topliss-reactive ketones (excluding diaryl/α,β-unsaturated/α-hetero) is 1. The Morgan fingerprint density at radius 3 is 2.56 bits per heavy atom. The molecule has 0 aromatic heterocycles. The van der Waals surface area contributed by atoms with Gasteiger partial charge < -0.3 is 5.32 Å². The third-order valence-electron chi connectivity index (χ3n) is 3.31. The lowest BCUT2D eigenvalue weighted by Gasteiger charge is -2.12. The second-order valence-electron chi connectivity index (χ2n) is 4.57. The molecule has 0 unspecified atom stereocenters. The molecule has 3 nitrogen and oxygen atoms in total. The molecule has 1 saturated carbocycles. The number of amides is 1. The molecule has 1 aromatic rings. The number of hydrogen-bond acceptors (Lipinski definition) is 2. The van der Waals surface area contributed by atoms with Gasteiger partial charge in [-0.1, -0.05) is 40.9 Å². The predicted octanol–water partition coefficient (Wildman–Crippen LogP) is 3.39. The number of hydrogen-bond donors (Lipinski definition) is 1. The Kier molecular flexibility index (Phi) is 4.53. The highest BCUT2D eigenvalue weighted by molar-refractivity contribution is 9.09. The van der Waals surface area contributed by atoms with E-state index in [1.807, 2.05) is 12.1 Å². The fraction of sp³-hybridized carbons (Fsp3) is 0.429. The molecular formula is C14H16BrNO2. The summed E-state index contributed by atoms with van der Waals surface area (Å²) in [5.74, 6) is 0.159. The van der Waals surface area contributed by atoms with Gasteiger partial charge >= 0.3 is 0 Å². The largest absolute Gasteiger partial charge is 0.325 e. The molecule has 0 spiro atoms. The summed E-state index contributed by atoms with van der Waals surface area (Å²) >= 11 is 3.10. The summed E-state index contributed by atoms with van der Waals surface area (Å²) in [7, 11) is 0. The van der Waals surface area contributed by atoms with E-state index in [-0.39, 0.29) is 22.9 Å². The van der Waals surface area contributed by atoms with Gasteiger partial charge in [0.15, 0.2) is 5.78 Å². The molecule has 1 aromatic carbocycles. The summed E-state index contributed by atoms with van der Waals surface area (Å²) in [5.41, 5.74) is 1.26. The maximum Gasteiger partial charge on any atom is 0.235 e. The molecule has 18 heavy (non-hydrogen) atoms. The van der Waals surface area contributed by atoms with Crippen LogP contribution in [0.3, 0.4) is 0 Å². The molecule has 0 atom stereocenters. The minimum Gasteiger partial charge on any atom is -0.325 e. The molecule has 0 radical (unpaired) electrons. The monoisotopic (exact) mass is 309 g/mol. The average molecular weight is 310 g/mol. The van der Waals surface area contributed by atoms with Gasteiger partial charge in [0.2, 0.25) is 5.91 Å². The lowest BCUT2D eigenvalue weighted by molar-refractivity contribution is -0.113. The van der Waals surface area contributed by atoms with E-state index in [0.717, 1.165) is 25.7 Å². The quantitative estimate of drug-likeness (QED) is 0.684. The average Bonchev–Trinajstić information content (AvgIpc) is 2.92. The van der Waals surface area contributed by atoms with E-state index in [1.165, 1.54) is 0 Å². The number of para-hydroxylation sites is 1. The molecule has 0 aliphatic heterocycles. The fourth-order valence-electron chi connectivity index (χ4n) is 2.40. The van der Waals surface area contributed by atoms with Gasteiger partial charge in [0, 0.05) is 11.5 Å². The fourth-order valence-corrected chi connectivity index (χ4v) is 2.54. The molecule has 2 rings (SSSR count). The van der Waals surface area contributed by atoms with Crippen LogP contribution in [-0.2, 0) is 4.79 Å². The van der Waals surface area contributed by atoms with Crippen molar-refractivity contribution in [2.45, 2.75) is 25.7 Å². The summed E-state index contributed by atoms with van der Waals surface area (Å²) in [6.45, 7) is 0. The zero-order chi connectivity index (χ0) is 13.0. The first-order chi connectivity index (χ1) is 8.72. The van der Waals surface area contributed by atoms with Crippen LogP contribution in [0.25, 0.3) is 0 Å². The Hall–Kier alpha value is -1.16. The first kappa shape index (κ1) is 13.3. The van der Waals surface area contributed by atoms with Crippen molar-refractivity contribution in [1.29, 1.82) is 0 Å². The van der Waals surface area contributed by atoms with E-state index in [0.29, 0.717) is 11.3 Å². The van der Waals surface area contributed by atoms with Crippen molar-refractivity contribution in [2.75, 3.05) is 10.6 Å². The molecular weight excluding hydrogens is 294 g/mol. The number of halogens is 1. The lowest BCUT2D eigenvalue weighted by Crippen LogP contribution is -2.18. The maximum absolute atomic E-state index is 12.4. The Labute approximate surface area is 115 Å². The summed E-state index contributed by atoms with van der Waals surface area (Å²) in [4.78, 5) is 23.8. The van der Waals surface area contributed by atoms with Crippen LogP contribution in [0, 0.1) is 5.92 Å². The minimum absolute atomic E-state index is 0.132. The third kappa shape index (κ3) is 2.99. The predicted molar refractivity (Wildman–Crippen MR) is 75.2 cm³/mol. The summed E-state index contributed by atoms with van der Waals surface area (Å²) < 4.78 is 0. The number of ketones is 1. The van der Waals surface area contributed by atoms with Gasteiger partial charge in [-0.15, -0.1) is 0 Å². The van der Waals surface area contributed by atoms with Gasteiger partial charge in [0.25, 0.3) is 0 Å². The second-order valence-corrected chi connectivity index (χ2v) is 5.13. The zero-order valence-electron chi connectivity index (χ0n) is 10.1. The summed E-state index contributed by atoms with van der Waals surface area (Å²) in [6.07, 6.45) is 4.21. The van der Waals surface area contributed by atoms with E-state index in [2.05, 4.69) is 21.2 Å². The number of alkyl halides is 1. The van der Waals surface area contributed by atoms with Gasteiger partial charge in [-0.05, 0) is 25.0 Å². The Bertz CT molecular complexity index is 453. The number of nitrogens with one attached hydrogen (secondary N) is 1. The van der Waals surface area contributed by atoms with Crippen molar-refractivity contribution in [1.82, 2.24) is 0 Å². The van der Waals surface area contributed by atoms with E-state index in [1.54, 1.807) is 12.1 Å². The molecule has 1 N–H and O–H groups in total. The summed E-state index contributed by atoms with van der Waals surface area (Å²) in [5, 5.41) is 2.99. The van der Waals surface area contributed by atoms with Crippen molar-refractivity contribution in [2.24, 2.45) is 5.92 Å². The Morgan fingerprint density at radius 2 is 1.89 bits per heavy atom. The number of anilines is 1. The number of rotatable bonds is 4. The Morgan fingerprint density at radius 1 is 1.22 bits per heavy atom. The topological polar surface area (TPSA) is 46.2 Å². The molecule has 0 saturated heterocycles. The van der Waals surface area contributed by atoms with Gasteiger partial charge in [0.1, 0.15) is 0 Å². The maximum atomic E-state index is 12.4. The van der Waals surface area contributed by atoms with Gasteiger partial charge in [-0.3, -0.25) is 9.59 Å². The SMILES string of the molecule is O=C(CBr)Nc1ccccc1C(=O)C1CCCC1. The minimum atomic E-state index is -0.137. The zero-order valence-corrected chi connectivity index (χ0v) is 11.7. The van der Waals surface area contributed by atoms with E-state index in [4.69, 9.17) is 0 Å². The molecule has 96 valence electrons. The van der Waals surface area contributed by atoms with Crippen LogP contribution in [0.5, 0.6) is 0 Å². The normalized spacial score (nSPS) is 15.6. The number of carbonyl (C=O) groups is 2. The lowest BCUT2D eigenvalue weighted by atomic mass is 9.95. The second kappa shape index (κ2) is 6.14. The van der Waals surface area contributed by atoms with E-state index < -0.39 is 0 Å². The van der Waals surface area contributed by atoms with Crippen LogP contribution in [0.1, 0.15) is 36.0 Å². The molecule has 0 heterocycles. The standard InChI is InChI=1S/C14H16BrNO2/c15-9-13(17)16-12-8-4-3-7-11(12)14(18)10-5-1-2-6-10/h3-4,7-8,10H,1-2,5-6,9H2,(H,16,17). The van der Waals surface area contributed by atoms with Crippen LogP contribution in [0.2, 0.25) is 0 Å². The Balaban J connectivity index is 2.20. The number of benzene rings is 1. The van der Waals surface area contributed by atoms with Crippen LogP contribution < -0.4 is 5.32 Å². The highest BCUT2D eigenvalue weighted by Crippen LogP contribution is 2.30. The smallest absolute Gasteiger partial charge is 0.235 e. The third-order valence-corrected chi connectivity index (χ3v) is 3.82. The molecule has 1 fully saturated rings. The highest BCUT2D eigenvalue weighted by Gasteiger charge is 2.25. The van der Waals surface area contributed by atoms with Crippen molar-refractivity contribution < 1.29 is 9.59 Å². The van der Waals surface area contributed by atoms with Crippen LogP contribution in [0.15, 0.2) is 24.3 Å². The van der Waals surface area contributed by atoms with E-state index >= 15 is 0 Å². The molecule has 1 aliphatic carbocycles. The molecule has 4 heteroatoms. The van der Waals surface area contributed by atoms with Crippen LogP contribution >= 0.6 is 15.9 Å². The van der Waals surface area contributed by atoms with Crippen LogP contribution in [0.4, 0.5) is 5.69 Å². The van der Waals surface area contributed by atoms with Crippen molar-refractivity contribution >= 4 is 33.3 Å². The molecule has 0 bridgehead atoms.